The summed E-state index contributed by atoms with van der Waals surface area (Å²) in [6.45, 7) is 1.35. The van der Waals surface area contributed by atoms with Gasteiger partial charge in [0.15, 0.2) is 0 Å². The largest absolute Gasteiger partial charge is 0.384 e. The van der Waals surface area contributed by atoms with Crippen LogP contribution in [-0.4, -0.2) is 30.9 Å². The Morgan fingerprint density at radius 2 is 2.20 bits per heavy atom. The molecule has 5 nitrogen and oxygen atoms in total. The number of anilines is 1. The zero-order chi connectivity index (χ0) is 13.9. The first-order chi connectivity index (χ1) is 9.72. The number of hydrogen-bond acceptors (Lipinski definition) is 3. The average molecular weight is 273 g/mol. The second-order valence-electron chi connectivity index (χ2n) is 5.48. The van der Waals surface area contributed by atoms with E-state index in [2.05, 4.69) is 22.0 Å². The van der Waals surface area contributed by atoms with Gasteiger partial charge < -0.3 is 16.0 Å². The van der Waals surface area contributed by atoms with Crippen molar-refractivity contribution in [3.63, 3.8) is 0 Å². The molecular weight excluding hydrogens is 254 g/mol. The molecule has 20 heavy (non-hydrogen) atoms. The standard InChI is InChI=1S/C15H19N3O2/c19-14-6-5-11(18-14)9-17-15(20)7-10-8-16-13-4-2-1-3-12(10)13/h1-4,10-11,16H,5-9H2,(H,17,20)(H,18,19). The highest BCUT2D eigenvalue weighted by Crippen LogP contribution is 2.32. The summed E-state index contributed by atoms with van der Waals surface area (Å²) >= 11 is 0. The summed E-state index contributed by atoms with van der Waals surface area (Å²) in [6, 6.07) is 8.22. The molecule has 1 saturated heterocycles. The van der Waals surface area contributed by atoms with Crippen LogP contribution in [0.4, 0.5) is 5.69 Å². The maximum absolute atomic E-state index is 12.0. The molecule has 3 N–H and O–H groups in total. The number of benzene rings is 1. The van der Waals surface area contributed by atoms with Gasteiger partial charge >= 0.3 is 0 Å². The van der Waals surface area contributed by atoms with E-state index < -0.39 is 0 Å². The number of para-hydroxylation sites is 1. The van der Waals surface area contributed by atoms with E-state index in [1.54, 1.807) is 0 Å². The number of carbonyl (C=O) groups excluding carboxylic acids is 2. The van der Waals surface area contributed by atoms with Gasteiger partial charge in [0.1, 0.15) is 0 Å². The smallest absolute Gasteiger partial charge is 0.220 e. The zero-order valence-electron chi connectivity index (χ0n) is 11.3. The average Bonchev–Trinajstić information content (AvgIpc) is 3.04. The molecule has 0 aliphatic carbocycles. The van der Waals surface area contributed by atoms with E-state index in [9.17, 15) is 9.59 Å². The van der Waals surface area contributed by atoms with Crippen LogP contribution in [0.5, 0.6) is 0 Å². The third kappa shape index (κ3) is 2.76. The summed E-state index contributed by atoms with van der Waals surface area (Å²) in [7, 11) is 0. The fourth-order valence-corrected chi connectivity index (χ4v) is 2.90. The summed E-state index contributed by atoms with van der Waals surface area (Å²) in [5.74, 6) is 0.372. The highest BCUT2D eigenvalue weighted by molar-refractivity contribution is 5.80. The zero-order valence-corrected chi connectivity index (χ0v) is 11.3. The van der Waals surface area contributed by atoms with Gasteiger partial charge in [-0.15, -0.1) is 0 Å². The molecule has 2 aliphatic rings. The quantitative estimate of drug-likeness (QED) is 0.766. The van der Waals surface area contributed by atoms with Crippen molar-refractivity contribution in [1.82, 2.24) is 10.6 Å². The molecule has 0 saturated carbocycles. The molecule has 0 spiro atoms. The molecule has 0 aromatic heterocycles. The first-order valence-electron chi connectivity index (χ1n) is 7.11. The minimum Gasteiger partial charge on any atom is -0.384 e. The van der Waals surface area contributed by atoms with Crippen LogP contribution in [0.3, 0.4) is 0 Å². The van der Waals surface area contributed by atoms with Crippen molar-refractivity contribution in [3.05, 3.63) is 29.8 Å². The molecule has 2 aliphatic heterocycles. The van der Waals surface area contributed by atoms with E-state index in [0.717, 1.165) is 18.7 Å². The van der Waals surface area contributed by atoms with E-state index in [4.69, 9.17) is 0 Å². The Balaban J connectivity index is 1.49. The highest BCUT2D eigenvalue weighted by Gasteiger charge is 2.25. The minimum absolute atomic E-state index is 0.0506. The second kappa shape index (κ2) is 5.53. The van der Waals surface area contributed by atoms with Crippen molar-refractivity contribution >= 4 is 17.5 Å². The van der Waals surface area contributed by atoms with Gasteiger partial charge in [-0.3, -0.25) is 9.59 Å². The lowest BCUT2D eigenvalue weighted by Crippen LogP contribution is -2.38. The van der Waals surface area contributed by atoms with Crippen LogP contribution in [-0.2, 0) is 9.59 Å². The fourth-order valence-electron chi connectivity index (χ4n) is 2.90. The number of hydrogen-bond donors (Lipinski definition) is 3. The topological polar surface area (TPSA) is 70.2 Å². The van der Waals surface area contributed by atoms with Gasteiger partial charge in [-0.2, -0.15) is 0 Å². The Morgan fingerprint density at radius 3 is 3.00 bits per heavy atom. The lowest BCUT2D eigenvalue weighted by molar-refractivity contribution is -0.122. The van der Waals surface area contributed by atoms with Crippen LogP contribution >= 0.6 is 0 Å². The molecule has 0 radical (unpaired) electrons. The van der Waals surface area contributed by atoms with Gasteiger partial charge in [-0.05, 0) is 18.1 Å². The first-order valence-corrected chi connectivity index (χ1v) is 7.11. The number of amides is 2. The van der Waals surface area contributed by atoms with Crippen molar-refractivity contribution in [2.75, 3.05) is 18.4 Å². The number of nitrogens with one attached hydrogen (secondary N) is 3. The monoisotopic (exact) mass is 273 g/mol. The number of carbonyl (C=O) groups is 2. The van der Waals surface area contributed by atoms with E-state index in [0.29, 0.717) is 19.4 Å². The lowest BCUT2D eigenvalue weighted by atomic mass is 9.97. The Labute approximate surface area is 118 Å². The van der Waals surface area contributed by atoms with Gasteiger partial charge in [0.25, 0.3) is 0 Å². The molecule has 2 amide bonds. The van der Waals surface area contributed by atoms with Gasteiger partial charge in [0, 0.05) is 43.6 Å². The molecule has 1 aromatic rings. The van der Waals surface area contributed by atoms with Crippen molar-refractivity contribution < 1.29 is 9.59 Å². The summed E-state index contributed by atoms with van der Waals surface area (Å²) in [4.78, 5) is 23.1. The third-order valence-corrected chi connectivity index (χ3v) is 4.00. The third-order valence-electron chi connectivity index (χ3n) is 4.00. The van der Waals surface area contributed by atoms with Gasteiger partial charge in [-0.25, -0.2) is 0 Å². The molecule has 3 rings (SSSR count). The van der Waals surface area contributed by atoms with Crippen molar-refractivity contribution in [2.45, 2.75) is 31.2 Å². The normalized spacial score (nSPS) is 23.9. The summed E-state index contributed by atoms with van der Waals surface area (Å²) < 4.78 is 0. The summed E-state index contributed by atoms with van der Waals surface area (Å²) in [6.07, 6.45) is 1.87. The summed E-state index contributed by atoms with van der Waals surface area (Å²) in [5, 5.41) is 9.10. The van der Waals surface area contributed by atoms with Gasteiger partial charge in [0.2, 0.25) is 11.8 Å². The van der Waals surface area contributed by atoms with Crippen LogP contribution < -0.4 is 16.0 Å². The van der Waals surface area contributed by atoms with Crippen LogP contribution in [0.2, 0.25) is 0 Å². The predicted octanol–water partition coefficient (Wildman–Crippen LogP) is 0.981. The predicted molar refractivity (Wildman–Crippen MR) is 76.5 cm³/mol. The Kier molecular flexibility index (Phi) is 3.58. The first kappa shape index (κ1) is 13.0. The Bertz CT molecular complexity index is 530. The molecule has 2 heterocycles. The van der Waals surface area contributed by atoms with E-state index in [-0.39, 0.29) is 23.8 Å². The molecule has 2 atom stereocenters. The van der Waals surface area contributed by atoms with E-state index in [1.165, 1.54) is 5.56 Å². The lowest BCUT2D eigenvalue weighted by Gasteiger charge is -2.13. The van der Waals surface area contributed by atoms with Crippen molar-refractivity contribution in [1.29, 1.82) is 0 Å². The molecule has 5 heteroatoms. The molecule has 1 aromatic carbocycles. The summed E-state index contributed by atoms with van der Waals surface area (Å²) in [5.41, 5.74) is 2.35. The van der Waals surface area contributed by atoms with E-state index in [1.807, 2.05) is 18.2 Å². The van der Waals surface area contributed by atoms with Gasteiger partial charge in [0.05, 0.1) is 0 Å². The maximum Gasteiger partial charge on any atom is 0.220 e. The number of rotatable bonds is 4. The molecule has 2 unspecified atom stereocenters. The van der Waals surface area contributed by atoms with Crippen LogP contribution in [0.25, 0.3) is 0 Å². The maximum atomic E-state index is 12.0. The van der Waals surface area contributed by atoms with Crippen LogP contribution in [0.1, 0.15) is 30.7 Å². The Morgan fingerprint density at radius 1 is 1.35 bits per heavy atom. The Hall–Kier alpha value is -2.04. The van der Waals surface area contributed by atoms with Crippen LogP contribution in [0, 0.1) is 0 Å². The number of fused-ring (bicyclic) bond motifs is 1. The second-order valence-corrected chi connectivity index (χ2v) is 5.48. The van der Waals surface area contributed by atoms with Crippen molar-refractivity contribution in [2.24, 2.45) is 0 Å². The molecule has 0 bridgehead atoms. The SMILES string of the molecule is O=C(CC1CNc2ccccc21)NCC1CCC(=O)N1. The minimum atomic E-state index is 0.0506. The molecule has 1 fully saturated rings. The van der Waals surface area contributed by atoms with Gasteiger partial charge in [-0.1, -0.05) is 18.2 Å². The molecular formula is C15H19N3O2. The highest BCUT2D eigenvalue weighted by atomic mass is 16.2. The van der Waals surface area contributed by atoms with Crippen LogP contribution in [0.15, 0.2) is 24.3 Å². The molecule has 106 valence electrons. The fraction of sp³-hybridized carbons (Fsp3) is 0.467. The van der Waals surface area contributed by atoms with E-state index >= 15 is 0 Å². The van der Waals surface area contributed by atoms with Crippen molar-refractivity contribution in [3.8, 4) is 0 Å².